The summed E-state index contributed by atoms with van der Waals surface area (Å²) in [6.07, 6.45) is 0. The van der Waals surface area contributed by atoms with Gasteiger partial charge in [-0.25, -0.2) is 4.98 Å². The minimum atomic E-state index is -0.506. The Kier molecular flexibility index (Phi) is 6.06. The van der Waals surface area contributed by atoms with Gasteiger partial charge in [-0.1, -0.05) is 22.7 Å². The van der Waals surface area contributed by atoms with E-state index in [9.17, 15) is 25.0 Å². The lowest BCUT2D eigenvalue weighted by Gasteiger charge is -2.34. The fraction of sp³-hybridized carbons (Fsp3) is 0.333. The summed E-state index contributed by atoms with van der Waals surface area (Å²) in [4.78, 5) is 42.2. The molecule has 4 rings (SSSR count). The standard InChI is InChI=1S/C18H18N6O5S2/c25-17(14-3-4-16(30-14)24(28)29)19-5-6-21-7-9-22(10-8-21)18-20-13-2-1-12(23(26)27)11-15(13)31-18/h1-4,11H,5-10H2,(H,19,25). The molecule has 11 nitrogen and oxygen atoms in total. The summed E-state index contributed by atoms with van der Waals surface area (Å²) in [5.74, 6) is -0.305. The number of hydrogen-bond donors (Lipinski definition) is 1. The number of anilines is 1. The molecule has 1 fully saturated rings. The molecule has 0 aliphatic carbocycles. The number of nitrogens with one attached hydrogen (secondary N) is 1. The number of nitro groups is 2. The normalized spacial score (nSPS) is 14.6. The highest BCUT2D eigenvalue weighted by Crippen LogP contribution is 2.31. The van der Waals surface area contributed by atoms with Gasteiger partial charge in [0.2, 0.25) is 0 Å². The SMILES string of the molecule is O=C(NCCN1CCN(c2nc3ccc([N+](=O)[O-])cc3s2)CC1)c1ccc([N+](=O)[O-])s1. The Morgan fingerprint density at radius 3 is 2.52 bits per heavy atom. The number of thiophene rings is 1. The number of carbonyl (C=O) groups excluding carboxylic acids is 1. The number of thiazole rings is 1. The Bertz CT molecular complexity index is 1140. The molecule has 3 aromatic rings. The topological polar surface area (TPSA) is 135 Å². The molecular weight excluding hydrogens is 444 g/mol. The van der Waals surface area contributed by atoms with E-state index < -0.39 is 9.85 Å². The van der Waals surface area contributed by atoms with Crippen LogP contribution in [0.1, 0.15) is 9.67 Å². The van der Waals surface area contributed by atoms with E-state index in [1.54, 1.807) is 12.1 Å². The number of rotatable bonds is 7. The van der Waals surface area contributed by atoms with Crippen molar-refractivity contribution < 1.29 is 14.6 Å². The van der Waals surface area contributed by atoms with Crippen molar-refractivity contribution in [2.45, 2.75) is 0 Å². The second-order valence-corrected chi connectivity index (χ2v) is 8.96. The minimum absolute atomic E-state index is 0.0503. The Morgan fingerprint density at radius 1 is 1.06 bits per heavy atom. The Labute approximate surface area is 184 Å². The second kappa shape index (κ2) is 8.91. The predicted molar refractivity (Wildman–Crippen MR) is 118 cm³/mol. The lowest BCUT2D eigenvalue weighted by Crippen LogP contribution is -2.48. The average Bonchev–Trinajstić information content (AvgIpc) is 3.41. The maximum atomic E-state index is 12.1. The maximum absolute atomic E-state index is 12.1. The number of aromatic nitrogens is 1. The number of non-ortho nitro benzene ring substituents is 1. The van der Waals surface area contributed by atoms with Crippen molar-refractivity contribution >= 4 is 54.6 Å². The fourth-order valence-electron chi connectivity index (χ4n) is 3.28. The van der Waals surface area contributed by atoms with E-state index in [0.29, 0.717) is 18.0 Å². The highest BCUT2D eigenvalue weighted by atomic mass is 32.1. The lowest BCUT2D eigenvalue weighted by molar-refractivity contribution is -0.384. The van der Waals surface area contributed by atoms with Crippen molar-refractivity contribution in [3.63, 3.8) is 0 Å². The van der Waals surface area contributed by atoms with Crippen LogP contribution in [-0.4, -0.2) is 64.9 Å². The number of hydrogen-bond acceptors (Lipinski definition) is 10. The monoisotopic (exact) mass is 462 g/mol. The van der Waals surface area contributed by atoms with E-state index in [-0.39, 0.29) is 16.6 Å². The number of amides is 1. The molecular formula is C18H18N6O5S2. The zero-order chi connectivity index (χ0) is 22.0. The fourth-order valence-corrected chi connectivity index (χ4v) is 5.06. The van der Waals surface area contributed by atoms with Crippen molar-refractivity contribution in [1.82, 2.24) is 15.2 Å². The largest absolute Gasteiger partial charge is 0.350 e. The molecule has 2 aromatic heterocycles. The van der Waals surface area contributed by atoms with Gasteiger partial charge in [0.1, 0.15) is 0 Å². The van der Waals surface area contributed by atoms with Crippen LogP contribution in [0.5, 0.6) is 0 Å². The summed E-state index contributed by atoms with van der Waals surface area (Å²) in [5.41, 5.74) is 0.816. The molecule has 162 valence electrons. The highest BCUT2D eigenvalue weighted by Gasteiger charge is 2.21. The molecule has 0 radical (unpaired) electrons. The molecule has 0 saturated carbocycles. The predicted octanol–water partition coefficient (Wildman–Crippen LogP) is 2.73. The van der Waals surface area contributed by atoms with Crippen LogP contribution in [0.2, 0.25) is 0 Å². The molecule has 1 aromatic carbocycles. The molecule has 1 N–H and O–H groups in total. The number of benzene rings is 1. The maximum Gasteiger partial charge on any atom is 0.324 e. The molecule has 1 aliphatic rings. The first-order valence-electron chi connectivity index (χ1n) is 9.45. The third-order valence-corrected chi connectivity index (χ3v) is 7.04. The van der Waals surface area contributed by atoms with E-state index >= 15 is 0 Å². The first-order chi connectivity index (χ1) is 14.9. The third kappa shape index (κ3) is 4.78. The van der Waals surface area contributed by atoms with Gasteiger partial charge in [-0.2, -0.15) is 0 Å². The summed E-state index contributed by atoms with van der Waals surface area (Å²) in [7, 11) is 0. The first-order valence-corrected chi connectivity index (χ1v) is 11.1. The summed E-state index contributed by atoms with van der Waals surface area (Å²) in [6, 6.07) is 7.49. The third-order valence-electron chi connectivity index (χ3n) is 4.92. The van der Waals surface area contributed by atoms with Gasteiger partial charge in [0.25, 0.3) is 11.6 Å². The van der Waals surface area contributed by atoms with Gasteiger partial charge >= 0.3 is 5.00 Å². The van der Waals surface area contributed by atoms with Crippen molar-refractivity contribution in [2.24, 2.45) is 0 Å². The van der Waals surface area contributed by atoms with Gasteiger partial charge < -0.3 is 10.2 Å². The van der Waals surface area contributed by atoms with E-state index in [1.165, 1.54) is 29.5 Å². The van der Waals surface area contributed by atoms with Crippen LogP contribution in [0.15, 0.2) is 30.3 Å². The Balaban J connectivity index is 1.26. The molecule has 31 heavy (non-hydrogen) atoms. The van der Waals surface area contributed by atoms with E-state index in [1.807, 2.05) is 0 Å². The quantitative estimate of drug-likeness (QED) is 0.418. The molecule has 13 heteroatoms. The number of nitro benzene ring substituents is 1. The first kappa shape index (κ1) is 21.1. The van der Waals surface area contributed by atoms with Crippen molar-refractivity contribution in [2.75, 3.05) is 44.2 Å². The van der Waals surface area contributed by atoms with Crippen LogP contribution < -0.4 is 10.2 Å². The highest BCUT2D eigenvalue weighted by molar-refractivity contribution is 7.22. The molecule has 0 atom stereocenters. The molecule has 1 aliphatic heterocycles. The molecule has 3 heterocycles. The minimum Gasteiger partial charge on any atom is -0.350 e. The van der Waals surface area contributed by atoms with Crippen molar-refractivity contribution in [3.05, 3.63) is 55.4 Å². The van der Waals surface area contributed by atoms with Crippen molar-refractivity contribution in [1.29, 1.82) is 0 Å². The van der Waals surface area contributed by atoms with E-state index in [0.717, 1.165) is 52.9 Å². The van der Waals surface area contributed by atoms with Gasteiger partial charge in [-0.3, -0.25) is 29.9 Å². The summed E-state index contributed by atoms with van der Waals surface area (Å²) in [6.45, 7) is 4.28. The summed E-state index contributed by atoms with van der Waals surface area (Å²) >= 11 is 2.31. The molecule has 0 spiro atoms. The number of carbonyl (C=O) groups is 1. The van der Waals surface area contributed by atoms with Crippen LogP contribution in [0.4, 0.5) is 15.8 Å². The van der Waals surface area contributed by atoms with Crippen LogP contribution >= 0.6 is 22.7 Å². The van der Waals surface area contributed by atoms with Gasteiger partial charge in [-0.15, -0.1) is 0 Å². The molecule has 0 bridgehead atoms. The number of piperazine rings is 1. The van der Waals surface area contributed by atoms with Crippen LogP contribution in [-0.2, 0) is 0 Å². The smallest absolute Gasteiger partial charge is 0.324 e. The van der Waals surface area contributed by atoms with E-state index in [4.69, 9.17) is 0 Å². The Morgan fingerprint density at radius 2 is 1.84 bits per heavy atom. The number of nitrogens with zero attached hydrogens (tertiary/aromatic N) is 5. The van der Waals surface area contributed by atoms with Crippen molar-refractivity contribution in [3.8, 4) is 0 Å². The lowest BCUT2D eigenvalue weighted by atomic mass is 10.3. The van der Waals surface area contributed by atoms with Crippen LogP contribution in [0.3, 0.4) is 0 Å². The second-order valence-electron chi connectivity index (χ2n) is 6.89. The van der Waals surface area contributed by atoms with Crippen LogP contribution in [0.25, 0.3) is 10.2 Å². The van der Waals surface area contributed by atoms with Crippen LogP contribution in [0, 0.1) is 20.2 Å². The summed E-state index contributed by atoms with van der Waals surface area (Å²) in [5, 5.41) is 25.3. The molecule has 1 saturated heterocycles. The number of fused-ring (bicyclic) bond motifs is 1. The van der Waals surface area contributed by atoms with Gasteiger partial charge in [0.15, 0.2) is 5.13 Å². The van der Waals surface area contributed by atoms with Gasteiger partial charge in [0.05, 0.1) is 24.9 Å². The zero-order valence-corrected chi connectivity index (χ0v) is 17.9. The molecule has 0 unspecified atom stereocenters. The van der Waals surface area contributed by atoms with E-state index in [2.05, 4.69) is 20.1 Å². The molecule has 1 amide bonds. The van der Waals surface area contributed by atoms with Gasteiger partial charge in [0, 0.05) is 57.5 Å². The van der Waals surface area contributed by atoms with Gasteiger partial charge in [-0.05, 0) is 12.1 Å². The summed E-state index contributed by atoms with van der Waals surface area (Å²) < 4.78 is 0.795. The zero-order valence-electron chi connectivity index (χ0n) is 16.2. The average molecular weight is 463 g/mol. The Hall–Kier alpha value is -3.16.